The Morgan fingerprint density at radius 2 is 1.91 bits per heavy atom. The number of hydrogen-bond donors (Lipinski definition) is 3. The van der Waals surface area contributed by atoms with Crippen molar-refractivity contribution in [3.8, 4) is 0 Å². The van der Waals surface area contributed by atoms with Crippen LogP contribution >= 0.6 is 11.6 Å². The van der Waals surface area contributed by atoms with E-state index in [9.17, 15) is 13.2 Å². The summed E-state index contributed by atoms with van der Waals surface area (Å²) in [6.45, 7) is 1.05. The van der Waals surface area contributed by atoms with E-state index in [1.54, 1.807) is 41.2 Å². The van der Waals surface area contributed by atoms with Crippen LogP contribution in [0.1, 0.15) is 16.1 Å². The maximum absolute atomic E-state index is 12.3. The number of rotatable bonds is 7. The minimum absolute atomic E-state index is 0.210. The van der Waals surface area contributed by atoms with E-state index in [1.165, 1.54) is 23.9 Å². The SMILES string of the molecule is CONC(=O)c1ccccc1Nc1cc(Nc2cnn3c2CN(S(C)(=O)=O)CC3)ncc1Cl. The molecule has 1 aliphatic heterocycles. The minimum atomic E-state index is -3.32. The molecule has 0 spiro atoms. The summed E-state index contributed by atoms with van der Waals surface area (Å²) in [6.07, 6.45) is 4.30. The summed E-state index contributed by atoms with van der Waals surface area (Å²) in [5.74, 6) is 0.0547. The lowest BCUT2D eigenvalue weighted by atomic mass is 10.1. The van der Waals surface area contributed by atoms with Crippen LogP contribution in [-0.4, -0.2) is 53.3 Å². The molecule has 3 N–H and O–H groups in total. The number of anilines is 4. The molecule has 0 saturated carbocycles. The minimum Gasteiger partial charge on any atom is -0.353 e. The summed E-state index contributed by atoms with van der Waals surface area (Å²) < 4.78 is 27.1. The van der Waals surface area contributed by atoms with Gasteiger partial charge in [-0.1, -0.05) is 23.7 Å². The van der Waals surface area contributed by atoms with Crippen LogP contribution in [0.15, 0.2) is 42.7 Å². The molecule has 174 valence electrons. The Morgan fingerprint density at radius 3 is 2.67 bits per heavy atom. The number of carbonyl (C=O) groups excluding carboxylic acids is 1. The van der Waals surface area contributed by atoms with Gasteiger partial charge >= 0.3 is 0 Å². The molecule has 0 radical (unpaired) electrons. The van der Waals surface area contributed by atoms with Gasteiger partial charge < -0.3 is 10.6 Å². The third kappa shape index (κ3) is 5.09. The molecular weight excluding hydrogens is 470 g/mol. The zero-order chi connectivity index (χ0) is 23.6. The van der Waals surface area contributed by atoms with E-state index in [0.29, 0.717) is 46.6 Å². The molecule has 4 rings (SSSR count). The number of halogens is 1. The molecule has 0 atom stereocenters. The van der Waals surface area contributed by atoms with E-state index >= 15 is 0 Å². The topological polar surface area (TPSA) is 130 Å². The zero-order valence-electron chi connectivity index (χ0n) is 17.9. The number of nitrogens with zero attached hydrogens (tertiary/aromatic N) is 4. The lowest BCUT2D eigenvalue weighted by molar-refractivity contribution is 0.0538. The van der Waals surface area contributed by atoms with Crippen LogP contribution in [0.25, 0.3) is 0 Å². The van der Waals surface area contributed by atoms with Gasteiger partial charge in [0.15, 0.2) is 0 Å². The number of nitrogens with one attached hydrogen (secondary N) is 3. The Bertz CT molecular complexity index is 1300. The van der Waals surface area contributed by atoms with E-state index in [4.69, 9.17) is 16.4 Å². The molecule has 2 aromatic heterocycles. The van der Waals surface area contributed by atoms with Crippen LogP contribution in [0, 0.1) is 0 Å². The summed E-state index contributed by atoms with van der Waals surface area (Å²) in [5.41, 5.74) is 5.09. The zero-order valence-corrected chi connectivity index (χ0v) is 19.4. The first-order valence-corrected chi connectivity index (χ1v) is 12.1. The third-order valence-electron chi connectivity index (χ3n) is 5.06. The van der Waals surface area contributed by atoms with Crippen molar-refractivity contribution in [3.05, 3.63) is 59.0 Å². The van der Waals surface area contributed by atoms with Crippen LogP contribution in [0.4, 0.5) is 22.9 Å². The predicted molar refractivity (Wildman–Crippen MR) is 124 cm³/mol. The summed E-state index contributed by atoms with van der Waals surface area (Å²) in [5, 5.41) is 11.0. The maximum atomic E-state index is 12.3. The normalized spacial score (nSPS) is 13.9. The Balaban J connectivity index is 1.58. The van der Waals surface area contributed by atoms with Gasteiger partial charge in [-0.3, -0.25) is 14.3 Å². The number of carbonyl (C=O) groups is 1. The van der Waals surface area contributed by atoms with E-state index in [1.807, 2.05) is 0 Å². The number of amides is 1. The second-order valence-corrected chi connectivity index (χ2v) is 9.69. The third-order valence-corrected chi connectivity index (χ3v) is 6.61. The number of aromatic nitrogens is 3. The van der Waals surface area contributed by atoms with Gasteiger partial charge in [-0.2, -0.15) is 9.40 Å². The molecular formula is C20H22ClN7O4S. The highest BCUT2D eigenvalue weighted by atomic mass is 35.5. The van der Waals surface area contributed by atoms with Crippen molar-refractivity contribution in [1.82, 2.24) is 24.5 Å². The lowest BCUT2D eigenvalue weighted by Gasteiger charge is -2.26. The van der Waals surface area contributed by atoms with E-state index in [-0.39, 0.29) is 6.54 Å². The Morgan fingerprint density at radius 1 is 1.12 bits per heavy atom. The first-order chi connectivity index (χ1) is 15.8. The van der Waals surface area contributed by atoms with Gasteiger partial charge in [0.05, 0.1) is 72.2 Å². The monoisotopic (exact) mass is 491 g/mol. The van der Waals surface area contributed by atoms with Gasteiger partial charge in [-0.25, -0.2) is 18.9 Å². The molecule has 1 aromatic carbocycles. The number of hydroxylamine groups is 1. The molecule has 0 unspecified atom stereocenters. The van der Waals surface area contributed by atoms with Gasteiger partial charge in [0.25, 0.3) is 5.91 Å². The average Bonchev–Trinajstić information content (AvgIpc) is 3.18. The van der Waals surface area contributed by atoms with Crippen molar-refractivity contribution in [1.29, 1.82) is 0 Å². The number of para-hydroxylation sites is 1. The Hall–Kier alpha value is -3.19. The highest BCUT2D eigenvalue weighted by Gasteiger charge is 2.26. The molecule has 11 nitrogen and oxygen atoms in total. The molecule has 0 bridgehead atoms. The van der Waals surface area contributed by atoms with Crippen LogP contribution < -0.4 is 16.1 Å². The Kier molecular flexibility index (Phi) is 6.51. The first kappa shape index (κ1) is 23.0. The molecule has 0 aliphatic carbocycles. The van der Waals surface area contributed by atoms with Gasteiger partial charge in [-0.15, -0.1) is 0 Å². The molecule has 0 saturated heterocycles. The van der Waals surface area contributed by atoms with Crippen LogP contribution in [0.5, 0.6) is 0 Å². The van der Waals surface area contributed by atoms with E-state index in [0.717, 1.165) is 5.69 Å². The van der Waals surface area contributed by atoms with Crippen molar-refractivity contribution in [2.75, 3.05) is 30.5 Å². The number of fused-ring (bicyclic) bond motifs is 1. The quantitative estimate of drug-likeness (QED) is 0.430. The van der Waals surface area contributed by atoms with Gasteiger partial charge in [0.2, 0.25) is 10.0 Å². The lowest BCUT2D eigenvalue weighted by Crippen LogP contribution is -2.37. The Labute approximate surface area is 195 Å². The average molecular weight is 492 g/mol. The molecule has 1 amide bonds. The van der Waals surface area contributed by atoms with Crippen molar-refractivity contribution in [3.63, 3.8) is 0 Å². The number of pyridine rings is 1. The summed E-state index contributed by atoms with van der Waals surface area (Å²) >= 11 is 6.34. The largest absolute Gasteiger partial charge is 0.353 e. The van der Waals surface area contributed by atoms with Crippen molar-refractivity contribution < 1.29 is 18.0 Å². The highest BCUT2D eigenvalue weighted by molar-refractivity contribution is 7.88. The molecule has 1 aliphatic rings. The number of benzene rings is 1. The summed E-state index contributed by atoms with van der Waals surface area (Å²) in [7, 11) is -1.96. The number of sulfonamides is 1. The highest BCUT2D eigenvalue weighted by Crippen LogP contribution is 2.31. The molecule has 0 fully saturated rings. The molecule has 3 heterocycles. The van der Waals surface area contributed by atoms with Crippen molar-refractivity contribution >= 4 is 50.4 Å². The van der Waals surface area contributed by atoms with Crippen LogP contribution in [-0.2, 0) is 28.0 Å². The molecule has 33 heavy (non-hydrogen) atoms. The van der Waals surface area contributed by atoms with Gasteiger partial charge in [-0.05, 0) is 12.1 Å². The van der Waals surface area contributed by atoms with Gasteiger partial charge in [0, 0.05) is 12.6 Å². The van der Waals surface area contributed by atoms with E-state index < -0.39 is 15.9 Å². The molecule has 13 heteroatoms. The second kappa shape index (κ2) is 9.35. The summed E-state index contributed by atoms with van der Waals surface area (Å²) in [4.78, 5) is 21.3. The second-order valence-electron chi connectivity index (χ2n) is 7.30. The number of hydrogen-bond acceptors (Lipinski definition) is 8. The standard InChI is InChI=1S/C20H22ClN7O4S/c1-32-26-20(29)13-5-3-4-6-15(13)24-16-9-19(22-10-14(16)21)25-17-11-23-28-8-7-27(12-18(17)28)33(2,30)31/h3-6,9-11H,7-8,12H2,1-2H3,(H,26,29)(H2,22,24,25). The van der Waals surface area contributed by atoms with Gasteiger partial charge in [0.1, 0.15) is 5.82 Å². The fourth-order valence-electron chi connectivity index (χ4n) is 3.43. The van der Waals surface area contributed by atoms with E-state index in [2.05, 4.69) is 26.2 Å². The van der Waals surface area contributed by atoms with Crippen LogP contribution in [0.2, 0.25) is 5.02 Å². The smallest absolute Gasteiger partial charge is 0.276 e. The van der Waals surface area contributed by atoms with Crippen molar-refractivity contribution in [2.45, 2.75) is 13.1 Å². The summed E-state index contributed by atoms with van der Waals surface area (Å²) in [6, 6.07) is 8.60. The maximum Gasteiger partial charge on any atom is 0.276 e. The van der Waals surface area contributed by atoms with Crippen molar-refractivity contribution in [2.24, 2.45) is 0 Å². The fraction of sp³-hybridized carbons (Fsp3) is 0.250. The first-order valence-electron chi connectivity index (χ1n) is 9.88. The predicted octanol–water partition coefficient (Wildman–Crippen LogP) is 2.49. The van der Waals surface area contributed by atoms with Crippen LogP contribution in [0.3, 0.4) is 0 Å². The molecule has 3 aromatic rings. The fourth-order valence-corrected chi connectivity index (χ4v) is 4.35.